The third-order valence-corrected chi connectivity index (χ3v) is 6.75. The summed E-state index contributed by atoms with van der Waals surface area (Å²) in [5.41, 5.74) is 1.23. The number of nitrogens with zero attached hydrogens (tertiary/aromatic N) is 3. The molecule has 8 heteroatoms. The predicted molar refractivity (Wildman–Crippen MR) is 123 cm³/mol. The van der Waals surface area contributed by atoms with E-state index in [1.807, 2.05) is 59.7 Å². The van der Waals surface area contributed by atoms with Gasteiger partial charge in [0.05, 0.1) is 17.9 Å². The number of thiophene rings is 1. The highest BCUT2D eigenvalue weighted by Crippen LogP contribution is 2.24. The maximum atomic E-state index is 13.0. The molecule has 0 saturated carbocycles. The average molecular weight is 439 g/mol. The van der Waals surface area contributed by atoms with Gasteiger partial charge in [0.1, 0.15) is 5.69 Å². The Kier molecular flexibility index (Phi) is 6.08. The van der Waals surface area contributed by atoms with Crippen LogP contribution in [0, 0.1) is 12.8 Å². The van der Waals surface area contributed by atoms with E-state index in [0.717, 1.165) is 15.1 Å². The number of benzene rings is 1. The van der Waals surface area contributed by atoms with Crippen molar-refractivity contribution in [2.75, 3.05) is 18.0 Å². The lowest BCUT2D eigenvalue weighted by Gasteiger charge is -2.34. The summed E-state index contributed by atoms with van der Waals surface area (Å²) in [5.74, 6) is -0.00710. The van der Waals surface area contributed by atoms with E-state index in [0.29, 0.717) is 43.9 Å². The molecule has 1 aliphatic heterocycles. The van der Waals surface area contributed by atoms with Crippen LogP contribution in [0.25, 0.3) is 5.69 Å². The minimum absolute atomic E-state index is 0.0620. The second-order valence-electron chi connectivity index (χ2n) is 7.81. The van der Waals surface area contributed by atoms with E-state index in [2.05, 4.69) is 5.32 Å². The zero-order valence-electron chi connectivity index (χ0n) is 17.7. The van der Waals surface area contributed by atoms with Gasteiger partial charge >= 0.3 is 5.69 Å². The highest BCUT2D eigenvalue weighted by atomic mass is 32.1. The van der Waals surface area contributed by atoms with Gasteiger partial charge in [0.15, 0.2) is 0 Å². The molecular formula is C23H26N4O3S. The molecule has 1 aromatic carbocycles. The molecule has 0 bridgehead atoms. The van der Waals surface area contributed by atoms with Crippen LogP contribution in [0.4, 0.5) is 5.69 Å². The highest BCUT2D eigenvalue weighted by molar-refractivity contribution is 7.09. The van der Waals surface area contributed by atoms with Crippen LogP contribution in [0.3, 0.4) is 0 Å². The monoisotopic (exact) mass is 438 g/mol. The van der Waals surface area contributed by atoms with Crippen LogP contribution < -0.4 is 21.5 Å². The number of anilines is 1. The summed E-state index contributed by atoms with van der Waals surface area (Å²) in [6.45, 7) is 3.56. The summed E-state index contributed by atoms with van der Waals surface area (Å²) in [6.07, 6.45) is 1.34. The maximum absolute atomic E-state index is 13.0. The molecule has 0 spiro atoms. The van der Waals surface area contributed by atoms with Crippen LogP contribution in [0.2, 0.25) is 0 Å². The normalized spacial score (nSPS) is 14.6. The minimum atomic E-state index is -0.361. The quantitative estimate of drug-likeness (QED) is 0.664. The lowest BCUT2D eigenvalue weighted by molar-refractivity contribution is -0.125. The van der Waals surface area contributed by atoms with Crippen LogP contribution >= 0.6 is 11.3 Å². The Balaban J connectivity index is 1.53. The van der Waals surface area contributed by atoms with Gasteiger partial charge in [-0.25, -0.2) is 4.79 Å². The van der Waals surface area contributed by atoms with E-state index in [1.54, 1.807) is 15.9 Å². The Bertz CT molecular complexity index is 1170. The van der Waals surface area contributed by atoms with Crippen molar-refractivity contribution < 1.29 is 4.79 Å². The van der Waals surface area contributed by atoms with Gasteiger partial charge in [-0.1, -0.05) is 24.3 Å². The van der Waals surface area contributed by atoms with Gasteiger partial charge in [-0.3, -0.25) is 18.7 Å². The van der Waals surface area contributed by atoms with Gasteiger partial charge in [0, 0.05) is 30.9 Å². The average Bonchev–Trinajstić information content (AvgIpc) is 3.31. The first kappa shape index (κ1) is 21.1. The number of nitrogens with one attached hydrogen (secondary N) is 1. The van der Waals surface area contributed by atoms with E-state index < -0.39 is 0 Å². The molecule has 1 saturated heterocycles. The summed E-state index contributed by atoms with van der Waals surface area (Å²) in [6, 6.07) is 13.3. The van der Waals surface area contributed by atoms with Crippen LogP contribution in [-0.4, -0.2) is 28.1 Å². The first-order valence-electron chi connectivity index (χ1n) is 10.4. The van der Waals surface area contributed by atoms with Gasteiger partial charge in [-0.2, -0.15) is 0 Å². The molecule has 3 aromatic rings. The number of rotatable bonds is 5. The molecule has 3 heterocycles. The SMILES string of the molecule is Cc1c(N2CCC(C(=O)NCc3cccs3)CC2)c(=O)n(C)c(=O)n1-c1ccccc1. The van der Waals surface area contributed by atoms with Crippen LogP contribution in [0.5, 0.6) is 0 Å². The third-order valence-electron chi connectivity index (χ3n) is 5.88. The molecule has 1 N–H and O–H groups in total. The van der Waals surface area contributed by atoms with Crippen molar-refractivity contribution in [1.82, 2.24) is 14.5 Å². The van der Waals surface area contributed by atoms with Crippen molar-refractivity contribution in [2.45, 2.75) is 26.3 Å². The van der Waals surface area contributed by atoms with E-state index in [1.165, 1.54) is 7.05 Å². The molecule has 7 nitrogen and oxygen atoms in total. The van der Waals surface area contributed by atoms with Crippen molar-refractivity contribution in [2.24, 2.45) is 13.0 Å². The van der Waals surface area contributed by atoms with Crippen LogP contribution in [0.15, 0.2) is 57.4 Å². The second-order valence-corrected chi connectivity index (χ2v) is 8.84. The zero-order chi connectivity index (χ0) is 22.0. The summed E-state index contributed by atoms with van der Waals surface area (Å²) < 4.78 is 2.74. The van der Waals surface area contributed by atoms with Crippen molar-refractivity contribution >= 4 is 22.9 Å². The zero-order valence-corrected chi connectivity index (χ0v) is 18.5. The first-order valence-corrected chi connectivity index (χ1v) is 11.3. The molecule has 31 heavy (non-hydrogen) atoms. The summed E-state index contributed by atoms with van der Waals surface area (Å²) in [5, 5.41) is 5.02. The molecule has 162 valence electrons. The fraction of sp³-hybridized carbons (Fsp3) is 0.348. The standard InChI is InChI=1S/C23H26N4O3S/c1-16-20(22(29)25(2)23(30)27(16)18-7-4-3-5-8-18)26-12-10-17(11-13-26)21(28)24-15-19-9-6-14-31-19/h3-9,14,17H,10-13,15H2,1-2H3,(H,24,28). The van der Waals surface area contributed by atoms with Crippen LogP contribution in [-0.2, 0) is 18.4 Å². The first-order chi connectivity index (χ1) is 15.0. The van der Waals surface area contributed by atoms with Crippen molar-refractivity contribution in [3.05, 3.63) is 79.3 Å². The fourth-order valence-electron chi connectivity index (χ4n) is 4.14. The van der Waals surface area contributed by atoms with Crippen molar-refractivity contribution in [3.8, 4) is 5.69 Å². The lowest BCUT2D eigenvalue weighted by atomic mass is 9.95. The van der Waals surface area contributed by atoms with Gasteiger partial charge in [0.25, 0.3) is 5.56 Å². The van der Waals surface area contributed by atoms with Crippen molar-refractivity contribution in [3.63, 3.8) is 0 Å². The second kappa shape index (κ2) is 8.93. The number of hydrogen-bond donors (Lipinski definition) is 1. The maximum Gasteiger partial charge on any atom is 0.335 e. The van der Waals surface area contributed by atoms with Gasteiger partial charge in [-0.15, -0.1) is 11.3 Å². The molecule has 1 fully saturated rings. The van der Waals surface area contributed by atoms with Crippen molar-refractivity contribution in [1.29, 1.82) is 0 Å². The smallest absolute Gasteiger partial charge is 0.335 e. The molecule has 1 aliphatic rings. The summed E-state index contributed by atoms with van der Waals surface area (Å²) in [7, 11) is 1.51. The number of para-hydroxylation sites is 1. The molecule has 1 amide bonds. The number of piperidine rings is 1. The largest absolute Gasteiger partial charge is 0.366 e. The number of amides is 1. The predicted octanol–water partition coefficient (Wildman–Crippen LogP) is 2.44. The Morgan fingerprint density at radius 1 is 1.10 bits per heavy atom. The van der Waals surface area contributed by atoms with E-state index in [4.69, 9.17) is 0 Å². The Morgan fingerprint density at radius 2 is 1.81 bits per heavy atom. The molecule has 0 atom stereocenters. The van der Waals surface area contributed by atoms with Crippen LogP contribution in [0.1, 0.15) is 23.4 Å². The Morgan fingerprint density at radius 3 is 2.45 bits per heavy atom. The minimum Gasteiger partial charge on any atom is -0.366 e. The van der Waals surface area contributed by atoms with Gasteiger partial charge in [0.2, 0.25) is 5.91 Å². The summed E-state index contributed by atoms with van der Waals surface area (Å²) in [4.78, 5) is 41.5. The fourth-order valence-corrected chi connectivity index (χ4v) is 4.79. The van der Waals surface area contributed by atoms with Gasteiger partial charge < -0.3 is 10.2 Å². The molecule has 0 radical (unpaired) electrons. The number of carbonyl (C=O) groups is 1. The number of aromatic nitrogens is 2. The van der Waals surface area contributed by atoms with E-state index in [-0.39, 0.29) is 23.1 Å². The summed E-state index contributed by atoms with van der Waals surface area (Å²) >= 11 is 1.63. The topological polar surface area (TPSA) is 76.3 Å². The molecule has 0 aliphatic carbocycles. The third kappa shape index (κ3) is 4.20. The molecule has 4 rings (SSSR count). The lowest BCUT2D eigenvalue weighted by Crippen LogP contribution is -2.46. The van der Waals surface area contributed by atoms with E-state index >= 15 is 0 Å². The highest BCUT2D eigenvalue weighted by Gasteiger charge is 2.28. The number of carbonyl (C=O) groups excluding carboxylic acids is 1. The Labute approximate surface area is 184 Å². The molecule has 2 aromatic heterocycles. The molecule has 0 unspecified atom stereocenters. The Hall–Kier alpha value is -3.13. The van der Waals surface area contributed by atoms with E-state index in [9.17, 15) is 14.4 Å². The molecular weight excluding hydrogens is 412 g/mol. The van der Waals surface area contributed by atoms with Gasteiger partial charge in [-0.05, 0) is 43.3 Å². The number of hydrogen-bond acceptors (Lipinski definition) is 5.